The van der Waals surface area contributed by atoms with E-state index in [9.17, 15) is 4.79 Å². The van der Waals surface area contributed by atoms with E-state index in [1.165, 1.54) is 0 Å². The zero-order valence-electron chi connectivity index (χ0n) is 10.4. The Morgan fingerprint density at radius 3 is 2.79 bits per heavy atom. The van der Waals surface area contributed by atoms with Crippen LogP contribution in [0.25, 0.3) is 0 Å². The predicted molar refractivity (Wildman–Crippen MR) is 71.9 cm³/mol. The zero-order chi connectivity index (χ0) is 13.8. The lowest BCUT2D eigenvalue weighted by atomic mass is 10.3. The van der Waals surface area contributed by atoms with Gasteiger partial charge in [-0.2, -0.15) is 0 Å². The second-order valence-corrected chi connectivity index (χ2v) is 4.73. The first kappa shape index (κ1) is 13.5. The summed E-state index contributed by atoms with van der Waals surface area (Å²) in [7, 11) is 0. The van der Waals surface area contributed by atoms with E-state index in [0.717, 1.165) is 4.47 Å². The van der Waals surface area contributed by atoms with Crippen LogP contribution in [0.2, 0.25) is 0 Å². The molecule has 0 spiro atoms. The van der Waals surface area contributed by atoms with Gasteiger partial charge in [-0.25, -0.2) is 4.63 Å². The lowest BCUT2D eigenvalue weighted by molar-refractivity contribution is -0.122. The number of halogens is 1. The van der Waals surface area contributed by atoms with Crippen LogP contribution in [0.5, 0.6) is 5.75 Å². The summed E-state index contributed by atoms with van der Waals surface area (Å²) in [5.74, 6) is 0.572. The van der Waals surface area contributed by atoms with E-state index in [1.54, 1.807) is 19.9 Å². The Morgan fingerprint density at radius 2 is 2.16 bits per heavy atom. The van der Waals surface area contributed by atoms with Crippen LogP contribution in [0.15, 0.2) is 33.4 Å². The lowest BCUT2D eigenvalue weighted by Crippen LogP contribution is -2.30. The van der Waals surface area contributed by atoms with Crippen molar-refractivity contribution in [1.29, 1.82) is 0 Å². The molecule has 1 aromatic carbocycles. The van der Waals surface area contributed by atoms with Crippen molar-refractivity contribution in [1.82, 2.24) is 10.3 Å². The molecule has 2 rings (SSSR count). The van der Waals surface area contributed by atoms with Crippen LogP contribution in [-0.4, -0.2) is 22.3 Å². The quantitative estimate of drug-likeness (QED) is 0.934. The largest absolute Gasteiger partial charge is 0.480 e. The average molecular weight is 326 g/mol. The number of benzene rings is 1. The number of aromatic nitrogens is 2. The number of nitrogens with zero attached hydrogens (tertiary/aromatic N) is 2. The van der Waals surface area contributed by atoms with Crippen molar-refractivity contribution in [3.63, 3.8) is 0 Å². The molecule has 0 fully saturated rings. The first-order valence-corrected chi connectivity index (χ1v) is 6.38. The second-order valence-electron chi connectivity index (χ2n) is 3.88. The summed E-state index contributed by atoms with van der Waals surface area (Å²) in [6.07, 6.45) is -0.671. The fourth-order valence-corrected chi connectivity index (χ4v) is 1.73. The Morgan fingerprint density at radius 1 is 1.42 bits per heavy atom. The van der Waals surface area contributed by atoms with Crippen molar-refractivity contribution >= 4 is 27.7 Å². The van der Waals surface area contributed by atoms with Gasteiger partial charge in [-0.15, -0.1) is 0 Å². The molecule has 0 radical (unpaired) electrons. The molecule has 19 heavy (non-hydrogen) atoms. The minimum absolute atomic E-state index is 0.299. The third-order valence-corrected chi connectivity index (χ3v) is 3.06. The molecule has 2 aromatic rings. The third kappa shape index (κ3) is 3.31. The highest BCUT2D eigenvalue weighted by Crippen LogP contribution is 2.25. The molecule has 6 nitrogen and oxygen atoms in total. The molecule has 1 aromatic heterocycles. The molecule has 7 heteroatoms. The number of para-hydroxylation sites is 1. The first-order chi connectivity index (χ1) is 9.08. The Labute approximate surface area is 118 Å². The number of hydrogen-bond acceptors (Lipinski definition) is 5. The molecule has 0 unspecified atom stereocenters. The fourth-order valence-electron chi connectivity index (χ4n) is 1.35. The summed E-state index contributed by atoms with van der Waals surface area (Å²) in [4.78, 5) is 11.9. The number of carbonyl (C=O) groups is 1. The first-order valence-electron chi connectivity index (χ1n) is 5.59. The summed E-state index contributed by atoms with van der Waals surface area (Å²) in [5, 5.41) is 9.74. The van der Waals surface area contributed by atoms with Gasteiger partial charge in [0.05, 0.1) is 4.47 Å². The van der Waals surface area contributed by atoms with Crippen LogP contribution in [0.4, 0.5) is 5.82 Å². The molecule has 100 valence electrons. The highest BCUT2D eigenvalue weighted by molar-refractivity contribution is 9.10. The summed E-state index contributed by atoms with van der Waals surface area (Å²) in [5.41, 5.74) is 0.515. The standard InChI is InChI=1S/C12H12BrN3O3/c1-7-11(16-19-15-7)14-12(17)8(2)18-10-6-4-3-5-9(10)13/h3-6,8H,1-2H3,(H,14,16,17)/t8-/m0/s1. The lowest BCUT2D eigenvalue weighted by Gasteiger charge is -2.14. The molecule has 0 saturated carbocycles. The van der Waals surface area contributed by atoms with Crippen LogP contribution >= 0.6 is 15.9 Å². The fraction of sp³-hybridized carbons (Fsp3) is 0.250. The highest BCUT2D eigenvalue weighted by Gasteiger charge is 2.18. The summed E-state index contributed by atoms with van der Waals surface area (Å²) in [6.45, 7) is 3.34. The van der Waals surface area contributed by atoms with Crippen molar-refractivity contribution in [3.05, 3.63) is 34.4 Å². The molecular formula is C12H12BrN3O3. The van der Waals surface area contributed by atoms with Crippen molar-refractivity contribution in [2.45, 2.75) is 20.0 Å². The van der Waals surface area contributed by atoms with Crippen LogP contribution in [0, 0.1) is 6.92 Å². The van der Waals surface area contributed by atoms with Gasteiger partial charge in [0.1, 0.15) is 11.4 Å². The van der Waals surface area contributed by atoms with Crippen molar-refractivity contribution < 1.29 is 14.2 Å². The number of hydrogen-bond donors (Lipinski definition) is 1. The molecule has 0 saturated heterocycles. The van der Waals surface area contributed by atoms with E-state index in [4.69, 9.17) is 4.74 Å². The molecular weight excluding hydrogens is 314 g/mol. The third-order valence-electron chi connectivity index (χ3n) is 2.40. The van der Waals surface area contributed by atoms with Gasteiger partial charge >= 0.3 is 0 Å². The molecule has 0 aliphatic rings. The minimum Gasteiger partial charge on any atom is -0.480 e. The second kappa shape index (κ2) is 5.83. The number of ether oxygens (including phenoxy) is 1. The topological polar surface area (TPSA) is 77.3 Å². The van der Waals surface area contributed by atoms with Gasteiger partial charge in [-0.3, -0.25) is 4.79 Å². The Kier molecular flexibility index (Phi) is 4.16. The van der Waals surface area contributed by atoms with Crippen LogP contribution < -0.4 is 10.1 Å². The maximum absolute atomic E-state index is 11.9. The molecule has 1 N–H and O–H groups in total. The number of rotatable bonds is 4. The van der Waals surface area contributed by atoms with Gasteiger partial charge in [-0.05, 0) is 47.1 Å². The maximum atomic E-state index is 11.9. The predicted octanol–water partition coefficient (Wildman–Crippen LogP) is 2.55. The smallest absolute Gasteiger partial charge is 0.266 e. The molecule has 1 atom stereocenters. The van der Waals surface area contributed by atoms with Gasteiger partial charge in [0.25, 0.3) is 5.91 Å². The number of carbonyl (C=O) groups excluding carboxylic acids is 1. The van der Waals surface area contributed by atoms with E-state index in [0.29, 0.717) is 17.3 Å². The summed E-state index contributed by atoms with van der Waals surface area (Å²) < 4.78 is 10.8. The van der Waals surface area contributed by atoms with Gasteiger partial charge in [-0.1, -0.05) is 17.3 Å². The van der Waals surface area contributed by atoms with Gasteiger partial charge in [0.15, 0.2) is 11.9 Å². The maximum Gasteiger partial charge on any atom is 0.266 e. The van der Waals surface area contributed by atoms with Crippen molar-refractivity contribution in [2.24, 2.45) is 0 Å². The van der Waals surface area contributed by atoms with Gasteiger partial charge in [0.2, 0.25) is 0 Å². The summed E-state index contributed by atoms with van der Waals surface area (Å²) >= 11 is 3.35. The van der Waals surface area contributed by atoms with Crippen molar-refractivity contribution in [3.8, 4) is 5.75 Å². The van der Waals surface area contributed by atoms with Gasteiger partial charge in [0, 0.05) is 0 Å². The molecule has 0 aliphatic heterocycles. The summed E-state index contributed by atoms with van der Waals surface area (Å²) in [6, 6.07) is 7.31. The Balaban J connectivity index is 2.00. The molecule has 0 aliphatic carbocycles. The van der Waals surface area contributed by atoms with Crippen molar-refractivity contribution in [2.75, 3.05) is 5.32 Å². The number of nitrogens with one attached hydrogen (secondary N) is 1. The Bertz CT molecular complexity index is 585. The van der Waals surface area contributed by atoms with E-state index < -0.39 is 6.10 Å². The van der Waals surface area contributed by atoms with Crippen LogP contribution in [0.1, 0.15) is 12.6 Å². The normalized spacial score (nSPS) is 11.9. The molecule has 1 amide bonds. The number of amides is 1. The van der Waals surface area contributed by atoms with E-state index in [1.807, 2.05) is 18.2 Å². The van der Waals surface area contributed by atoms with E-state index in [2.05, 4.69) is 36.2 Å². The average Bonchev–Trinajstić information content (AvgIpc) is 2.78. The minimum atomic E-state index is -0.671. The highest BCUT2D eigenvalue weighted by atomic mass is 79.9. The van der Waals surface area contributed by atoms with Gasteiger partial charge < -0.3 is 10.1 Å². The number of aryl methyl sites for hydroxylation is 1. The monoisotopic (exact) mass is 325 g/mol. The van der Waals surface area contributed by atoms with Crippen LogP contribution in [0.3, 0.4) is 0 Å². The number of anilines is 1. The van der Waals surface area contributed by atoms with Crippen LogP contribution in [-0.2, 0) is 4.79 Å². The van der Waals surface area contributed by atoms with E-state index in [-0.39, 0.29) is 5.91 Å². The Hall–Kier alpha value is -1.89. The zero-order valence-corrected chi connectivity index (χ0v) is 12.0. The molecule has 1 heterocycles. The van der Waals surface area contributed by atoms with E-state index >= 15 is 0 Å². The molecule has 0 bridgehead atoms. The SMILES string of the molecule is Cc1nonc1NC(=O)[C@H](C)Oc1ccccc1Br.